The average molecular weight is 195 g/mol. The normalized spacial score (nSPS) is 9.69. The van der Waals surface area contributed by atoms with Gasteiger partial charge in [0.05, 0.1) is 0 Å². The van der Waals surface area contributed by atoms with E-state index in [1.807, 2.05) is 25.1 Å². The molecule has 0 amide bonds. The molecule has 1 aromatic carbocycles. The van der Waals surface area contributed by atoms with Crippen LogP contribution in [0.3, 0.4) is 0 Å². The molecule has 0 saturated carbocycles. The lowest BCUT2D eigenvalue weighted by Gasteiger charge is -2.01. The van der Waals surface area contributed by atoms with E-state index in [1.165, 1.54) is 6.08 Å². The first-order valence-corrected chi connectivity index (χ1v) is 4.41. The highest BCUT2D eigenvalue weighted by Gasteiger charge is 2.01. The Morgan fingerprint density at radius 1 is 1.62 bits per heavy atom. The Kier molecular flexibility index (Phi) is 3.26. The predicted octanol–water partition coefficient (Wildman–Crippen LogP) is 2.95. The molecule has 0 fully saturated rings. The van der Waals surface area contributed by atoms with Crippen LogP contribution in [0.2, 0.25) is 5.02 Å². The molecule has 13 heavy (non-hydrogen) atoms. The summed E-state index contributed by atoms with van der Waals surface area (Å²) in [6, 6.07) is 5.59. The van der Waals surface area contributed by atoms with Gasteiger partial charge in [-0.05, 0) is 30.2 Å². The molecular weight excluding hydrogens is 184 g/mol. The van der Waals surface area contributed by atoms with Gasteiger partial charge in [0.2, 0.25) is 0 Å². The van der Waals surface area contributed by atoms with Crippen LogP contribution in [0.25, 0.3) is 0 Å². The Labute approximate surface area is 83.0 Å². The molecule has 0 unspecified atom stereocenters. The van der Waals surface area contributed by atoms with E-state index in [2.05, 4.69) is 6.58 Å². The first kappa shape index (κ1) is 10.0. The SMILES string of the molecule is C=CC(=O)Cc1ccc(Cl)c(C)c1. The van der Waals surface area contributed by atoms with Gasteiger partial charge in [0.25, 0.3) is 0 Å². The van der Waals surface area contributed by atoms with E-state index in [0.717, 1.165) is 16.1 Å². The van der Waals surface area contributed by atoms with Gasteiger partial charge in [-0.2, -0.15) is 0 Å². The number of halogens is 1. The third kappa shape index (κ3) is 2.71. The minimum Gasteiger partial charge on any atom is -0.295 e. The molecule has 0 heterocycles. The van der Waals surface area contributed by atoms with Gasteiger partial charge in [0, 0.05) is 11.4 Å². The topological polar surface area (TPSA) is 17.1 Å². The highest BCUT2D eigenvalue weighted by atomic mass is 35.5. The van der Waals surface area contributed by atoms with Crippen molar-refractivity contribution < 1.29 is 4.79 Å². The smallest absolute Gasteiger partial charge is 0.159 e. The van der Waals surface area contributed by atoms with Crippen LogP contribution in [0.15, 0.2) is 30.9 Å². The van der Waals surface area contributed by atoms with E-state index in [9.17, 15) is 4.79 Å². The van der Waals surface area contributed by atoms with Crippen molar-refractivity contribution >= 4 is 17.4 Å². The maximum Gasteiger partial charge on any atom is 0.159 e. The summed E-state index contributed by atoms with van der Waals surface area (Å²) in [6.45, 7) is 5.34. The molecule has 2 heteroatoms. The molecule has 0 radical (unpaired) electrons. The summed E-state index contributed by atoms with van der Waals surface area (Å²) in [5.74, 6) is 0.0294. The molecule has 0 N–H and O–H groups in total. The number of hydrogen-bond acceptors (Lipinski definition) is 1. The highest BCUT2D eigenvalue weighted by molar-refractivity contribution is 6.31. The van der Waals surface area contributed by atoms with E-state index in [0.29, 0.717) is 6.42 Å². The monoisotopic (exact) mass is 194 g/mol. The Bertz CT molecular complexity index is 342. The molecule has 0 saturated heterocycles. The lowest BCUT2D eigenvalue weighted by molar-refractivity contribution is -0.114. The number of hydrogen-bond donors (Lipinski definition) is 0. The van der Waals surface area contributed by atoms with Gasteiger partial charge in [0.15, 0.2) is 5.78 Å². The molecule has 0 aliphatic carbocycles. The number of benzene rings is 1. The molecule has 1 nitrogen and oxygen atoms in total. The molecule has 0 atom stereocenters. The van der Waals surface area contributed by atoms with Crippen molar-refractivity contribution in [3.8, 4) is 0 Å². The molecule has 1 rings (SSSR count). The lowest BCUT2D eigenvalue weighted by atomic mass is 10.1. The summed E-state index contributed by atoms with van der Waals surface area (Å²) in [5.41, 5.74) is 1.97. The van der Waals surface area contributed by atoms with Crippen molar-refractivity contribution in [2.75, 3.05) is 0 Å². The molecule has 0 spiro atoms. The van der Waals surface area contributed by atoms with E-state index in [1.54, 1.807) is 0 Å². The average Bonchev–Trinajstić information content (AvgIpc) is 2.11. The summed E-state index contributed by atoms with van der Waals surface area (Å²) in [5, 5.41) is 0.731. The summed E-state index contributed by atoms with van der Waals surface area (Å²) >= 11 is 5.85. The minimum atomic E-state index is 0.0294. The standard InChI is InChI=1S/C11H11ClO/c1-3-10(13)7-9-4-5-11(12)8(2)6-9/h3-6H,1,7H2,2H3. The Morgan fingerprint density at radius 3 is 2.85 bits per heavy atom. The first-order chi connectivity index (χ1) is 6.13. The van der Waals surface area contributed by atoms with Crippen LogP contribution in [0.4, 0.5) is 0 Å². The van der Waals surface area contributed by atoms with Crippen molar-refractivity contribution in [2.24, 2.45) is 0 Å². The van der Waals surface area contributed by atoms with Crippen molar-refractivity contribution in [1.82, 2.24) is 0 Å². The quantitative estimate of drug-likeness (QED) is 0.677. The maximum atomic E-state index is 11.0. The van der Waals surface area contributed by atoms with Crippen LogP contribution >= 0.6 is 11.6 Å². The number of allylic oxidation sites excluding steroid dienone is 1. The second-order valence-electron chi connectivity index (χ2n) is 2.93. The van der Waals surface area contributed by atoms with E-state index in [-0.39, 0.29) is 5.78 Å². The lowest BCUT2D eigenvalue weighted by Crippen LogP contribution is -1.97. The fourth-order valence-corrected chi connectivity index (χ4v) is 1.21. The van der Waals surface area contributed by atoms with Crippen LogP contribution < -0.4 is 0 Å². The van der Waals surface area contributed by atoms with E-state index in [4.69, 9.17) is 11.6 Å². The Hall–Kier alpha value is -1.08. The van der Waals surface area contributed by atoms with Gasteiger partial charge < -0.3 is 0 Å². The van der Waals surface area contributed by atoms with Gasteiger partial charge in [-0.25, -0.2) is 0 Å². The summed E-state index contributed by atoms with van der Waals surface area (Å²) < 4.78 is 0. The van der Waals surface area contributed by atoms with Gasteiger partial charge in [-0.3, -0.25) is 4.79 Å². The van der Waals surface area contributed by atoms with Crippen LogP contribution in [-0.2, 0) is 11.2 Å². The number of carbonyl (C=O) groups is 1. The second-order valence-corrected chi connectivity index (χ2v) is 3.34. The van der Waals surface area contributed by atoms with Crippen LogP contribution in [0, 0.1) is 6.92 Å². The molecule has 0 aliphatic rings. The zero-order chi connectivity index (χ0) is 9.84. The first-order valence-electron chi connectivity index (χ1n) is 4.04. The predicted molar refractivity (Wildman–Crippen MR) is 55.1 cm³/mol. The number of aryl methyl sites for hydroxylation is 1. The maximum absolute atomic E-state index is 11.0. The summed E-state index contributed by atoms with van der Waals surface area (Å²) in [4.78, 5) is 11.0. The zero-order valence-electron chi connectivity index (χ0n) is 7.51. The van der Waals surface area contributed by atoms with Gasteiger partial charge in [0.1, 0.15) is 0 Å². The fraction of sp³-hybridized carbons (Fsp3) is 0.182. The summed E-state index contributed by atoms with van der Waals surface area (Å²) in [6.07, 6.45) is 1.74. The van der Waals surface area contributed by atoms with Gasteiger partial charge >= 0.3 is 0 Å². The molecule has 0 aromatic heterocycles. The van der Waals surface area contributed by atoms with Crippen LogP contribution in [0.1, 0.15) is 11.1 Å². The second kappa shape index (κ2) is 4.24. The fourth-order valence-electron chi connectivity index (χ4n) is 1.09. The minimum absolute atomic E-state index is 0.0294. The van der Waals surface area contributed by atoms with Gasteiger partial charge in [-0.15, -0.1) is 0 Å². The number of ketones is 1. The van der Waals surface area contributed by atoms with Crippen molar-refractivity contribution in [2.45, 2.75) is 13.3 Å². The van der Waals surface area contributed by atoms with Crippen molar-refractivity contribution in [3.05, 3.63) is 47.0 Å². The summed E-state index contributed by atoms with van der Waals surface area (Å²) in [7, 11) is 0. The third-order valence-corrected chi connectivity index (χ3v) is 2.25. The Morgan fingerprint density at radius 2 is 2.31 bits per heavy atom. The molecular formula is C11H11ClO. The largest absolute Gasteiger partial charge is 0.295 e. The zero-order valence-corrected chi connectivity index (χ0v) is 8.27. The molecule has 0 aliphatic heterocycles. The van der Waals surface area contributed by atoms with Crippen LogP contribution in [-0.4, -0.2) is 5.78 Å². The van der Waals surface area contributed by atoms with Crippen molar-refractivity contribution in [1.29, 1.82) is 0 Å². The van der Waals surface area contributed by atoms with E-state index < -0.39 is 0 Å². The molecule has 0 bridgehead atoms. The number of carbonyl (C=O) groups excluding carboxylic acids is 1. The third-order valence-electron chi connectivity index (χ3n) is 1.83. The highest BCUT2D eigenvalue weighted by Crippen LogP contribution is 2.16. The molecule has 68 valence electrons. The number of rotatable bonds is 3. The Balaban J connectivity index is 2.85. The van der Waals surface area contributed by atoms with Gasteiger partial charge in [-0.1, -0.05) is 30.3 Å². The molecule has 1 aromatic rings. The van der Waals surface area contributed by atoms with Crippen LogP contribution in [0.5, 0.6) is 0 Å². The van der Waals surface area contributed by atoms with E-state index >= 15 is 0 Å². The van der Waals surface area contributed by atoms with Crippen molar-refractivity contribution in [3.63, 3.8) is 0 Å².